The largest absolute Gasteiger partial charge is 0.398 e. The average molecular weight is 280 g/mol. The van der Waals surface area contributed by atoms with Crippen LogP contribution < -0.4 is 10.5 Å². The summed E-state index contributed by atoms with van der Waals surface area (Å²) in [6.07, 6.45) is 5.06. The first kappa shape index (κ1) is 13.6. The van der Waals surface area contributed by atoms with E-state index in [1.807, 2.05) is 6.92 Å². The third-order valence-electron chi connectivity index (χ3n) is 2.78. The summed E-state index contributed by atoms with van der Waals surface area (Å²) in [5.41, 5.74) is 7.05. The Labute approximate surface area is 112 Å². The Morgan fingerprint density at radius 1 is 1.42 bits per heavy atom. The lowest BCUT2D eigenvalue weighted by Crippen LogP contribution is -2.27. The third-order valence-corrected chi connectivity index (χ3v) is 4.24. The number of rotatable bonds is 5. The van der Waals surface area contributed by atoms with Crippen LogP contribution in [0.15, 0.2) is 41.8 Å². The van der Waals surface area contributed by atoms with Crippen LogP contribution in [0.1, 0.15) is 5.56 Å². The van der Waals surface area contributed by atoms with Crippen LogP contribution in [-0.2, 0) is 16.6 Å². The number of benzene rings is 1. The van der Waals surface area contributed by atoms with E-state index in [2.05, 4.69) is 9.71 Å². The van der Waals surface area contributed by atoms with E-state index in [1.165, 1.54) is 6.07 Å². The molecular formula is C12H16N4O2S. The van der Waals surface area contributed by atoms with Gasteiger partial charge in [0.05, 0.1) is 11.2 Å². The Kier molecular flexibility index (Phi) is 3.87. The molecule has 0 bridgehead atoms. The Morgan fingerprint density at radius 3 is 2.84 bits per heavy atom. The molecule has 0 saturated heterocycles. The smallest absolute Gasteiger partial charge is 0.240 e. The maximum atomic E-state index is 12.0. The predicted octanol–water partition coefficient (Wildman–Crippen LogP) is 0.752. The van der Waals surface area contributed by atoms with Crippen LogP contribution in [0, 0.1) is 6.92 Å². The topological polar surface area (TPSA) is 90.0 Å². The molecule has 0 saturated carbocycles. The molecule has 0 atom stereocenters. The molecule has 0 unspecified atom stereocenters. The summed E-state index contributed by atoms with van der Waals surface area (Å²) in [6.45, 7) is 2.66. The SMILES string of the molecule is Cc1ccc(S(=O)(=O)NCCn2ccnc2)cc1N. The van der Waals surface area contributed by atoms with Gasteiger partial charge >= 0.3 is 0 Å². The van der Waals surface area contributed by atoms with Gasteiger partial charge in [-0.2, -0.15) is 0 Å². The number of nitrogens with zero attached hydrogens (tertiary/aromatic N) is 2. The van der Waals surface area contributed by atoms with Crippen LogP contribution in [0.2, 0.25) is 0 Å². The van der Waals surface area contributed by atoms with Gasteiger partial charge in [0, 0.05) is 31.2 Å². The zero-order valence-corrected chi connectivity index (χ0v) is 11.4. The van der Waals surface area contributed by atoms with E-state index in [9.17, 15) is 8.42 Å². The van der Waals surface area contributed by atoms with Crippen LogP contribution in [-0.4, -0.2) is 24.5 Å². The number of sulfonamides is 1. The van der Waals surface area contributed by atoms with E-state index >= 15 is 0 Å². The molecule has 6 nitrogen and oxygen atoms in total. The highest BCUT2D eigenvalue weighted by Gasteiger charge is 2.14. The fraction of sp³-hybridized carbons (Fsp3) is 0.250. The molecule has 0 aliphatic carbocycles. The highest BCUT2D eigenvalue weighted by atomic mass is 32.2. The normalized spacial score (nSPS) is 11.6. The number of nitrogen functional groups attached to an aromatic ring is 1. The molecule has 0 fully saturated rings. The first-order valence-corrected chi connectivity index (χ1v) is 7.29. The van der Waals surface area contributed by atoms with Crippen molar-refractivity contribution in [2.24, 2.45) is 0 Å². The highest BCUT2D eigenvalue weighted by molar-refractivity contribution is 7.89. The Hall–Kier alpha value is -1.86. The number of anilines is 1. The molecule has 19 heavy (non-hydrogen) atoms. The van der Waals surface area contributed by atoms with Gasteiger partial charge in [0.1, 0.15) is 0 Å². The van der Waals surface area contributed by atoms with Crippen LogP contribution in [0.5, 0.6) is 0 Å². The van der Waals surface area contributed by atoms with Crippen LogP contribution >= 0.6 is 0 Å². The lowest BCUT2D eigenvalue weighted by molar-refractivity contribution is 0.573. The molecular weight excluding hydrogens is 264 g/mol. The lowest BCUT2D eigenvalue weighted by atomic mass is 10.2. The summed E-state index contributed by atoms with van der Waals surface area (Å²) >= 11 is 0. The molecule has 2 aromatic rings. The zero-order chi connectivity index (χ0) is 13.9. The molecule has 102 valence electrons. The Balaban J connectivity index is 2.03. The van der Waals surface area contributed by atoms with Gasteiger partial charge in [-0.1, -0.05) is 6.07 Å². The fourth-order valence-corrected chi connectivity index (χ4v) is 2.65. The minimum atomic E-state index is -3.52. The number of aryl methyl sites for hydroxylation is 1. The number of imidazole rings is 1. The molecule has 0 aliphatic rings. The maximum Gasteiger partial charge on any atom is 0.240 e. The summed E-state index contributed by atoms with van der Waals surface area (Å²) in [4.78, 5) is 4.07. The van der Waals surface area contributed by atoms with Crippen molar-refractivity contribution in [3.05, 3.63) is 42.5 Å². The number of nitrogens with one attached hydrogen (secondary N) is 1. The summed E-state index contributed by atoms with van der Waals surface area (Å²) in [5.74, 6) is 0. The van der Waals surface area contributed by atoms with Gasteiger partial charge in [-0.25, -0.2) is 18.1 Å². The van der Waals surface area contributed by atoms with E-state index in [4.69, 9.17) is 5.73 Å². The Bertz CT molecular complexity index is 650. The number of hydrogen-bond donors (Lipinski definition) is 2. The summed E-state index contributed by atoms with van der Waals surface area (Å²) < 4.78 is 28.4. The number of nitrogens with two attached hydrogens (primary N) is 1. The van der Waals surface area contributed by atoms with Crippen molar-refractivity contribution in [1.29, 1.82) is 0 Å². The standard InChI is InChI=1S/C12H16N4O2S/c1-10-2-3-11(8-12(10)13)19(17,18)15-5-7-16-6-4-14-9-16/h2-4,6,8-9,15H,5,7,13H2,1H3. The lowest BCUT2D eigenvalue weighted by Gasteiger charge is -2.08. The number of aromatic nitrogens is 2. The van der Waals surface area contributed by atoms with Gasteiger partial charge in [0.25, 0.3) is 0 Å². The van der Waals surface area contributed by atoms with Gasteiger partial charge in [0.15, 0.2) is 0 Å². The predicted molar refractivity (Wildman–Crippen MR) is 73.0 cm³/mol. The maximum absolute atomic E-state index is 12.0. The molecule has 0 amide bonds. The first-order valence-electron chi connectivity index (χ1n) is 5.80. The van der Waals surface area contributed by atoms with E-state index < -0.39 is 10.0 Å². The van der Waals surface area contributed by atoms with E-state index in [0.29, 0.717) is 18.8 Å². The van der Waals surface area contributed by atoms with Crippen molar-refractivity contribution in [2.45, 2.75) is 18.4 Å². The van der Waals surface area contributed by atoms with Gasteiger partial charge in [-0.3, -0.25) is 0 Å². The molecule has 2 rings (SSSR count). The minimum absolute atomic E-state index is 0.182. The zero-order valence-electron chi connectivity index (χ0n) is 10.6. The number of hydrogen-bond acceptors (Lipinski definition) is 4. The van der Waals surface area contributed by atoms with Gasteiger partial charge in [0.2, 0.25) is 10.0 Å². The van der Waals surface area contributed by atoms with Gasteiger partial charge < -0.3 is 10.3 Å². The van der Waals surface area contributed by atoms with E-state index in [-0.39, 0.29) is 4.90 Å². The molecule has 0 aliphatic heterocycles. The van der Waals surface area contributed by atoms with Crippen molar-refractivity contribution in [3.63, 3.8) is 0 Å². The summed E-state index contributed by atoms with van der Waals surface area (Å²) in [7, 11) is -3.52. The van der Waals surface area contributed by atoms with Crippen LogP contribution in [0.3, 0.4) is 0 Å². The minimum Gasteiger partial charge on any atom is -0.398 e. The molecule has 7 heteroatoms. The van der Waals surface area contributed by atoms with Crippen LogP contribution in [0.25, 0.3) is 0 Å². The summed E-state index contributed by atoms with van der Waals surface area (Å²) in [6, 6.07) is 4.71. The van der Waals surface area contributed by atoms with Gasteiger partial charge in [-0.05, 0) is 24.6 Å². The van der Waals surface area contributed by atoms with Crippen LogP contribution in [0.4, 0.5) is 5.69 Å². The molecule has 0 spiro atoms. The second-order valence-electron chi connectivity index (χ2n) is 4.22. The fourth-order valence-electron chi connectivity index (χ4n) is 1.60. The molecule has 1 heterocycles. The van der Waals surface area contributed by atoms with Gasteiger partial charge in [-0.15, -0.1) is 0 Å². The molecule has 1 aromatic carbocycles. The molecule has 0 radical (unpaired) electrons. The van der Waals surface area contributed by atoms with Crippen molar-refractivity contribution < 1.29 is 8.42 Å². The van der Waals surface area contributed by atoms with E-state index in [0.717, 1.165) is 5.56 Å². The van der Waals surface area contributed by atoms with E-state index in [1.54, 1.807) is 35.4 Å². The van der Waals surface area contributed by atoms with Crippen molar-refractivity contribution >= 4 is 15.7 Å². The second-order valence-corrected chi connectivity index (χ2v) is 5.98. The van der Waals surface area contributed by atoms with Crippen molar-refractivity contribution in [1.82, 2.24) is 14.3 Å². The quantitative estimate of drug-likeness (QED) is 0.791. The second kappa shape index (κ2) is 5.41. The average Bonchev–Trinajstić information content (AvgIpc) is 2.85. The molecule has 1 aromatic heterocycles. The highest BCUT2D eigenvalue weighted by Crippen LogP contribution is 2.16. The van der Waals surface area contributed by atoms with Crippen molar-refractivity contribution in [2.75, 3.05) is 12.3 Å². The monoisotopic (exact) mass is 280 g/mol. The van der Waals surface area contributed by atoms with Crippen molar-refractivity contribution in [3.8, 4) is 0 Å². The summed E-state index contributed by atoms with van der Waals surface area (Å²) in [5, 5.41) is 0. The Morgan fingerprint density at radius 2 is 2.21 bits per heavy atom. The third kappa shape index (κ3) is 3.33. The first-order chi connectivity index (χ1) is 8.99. The molecule has 3 N–H and O–H groups in total.